The molecule has 0 bridgehead atoms. The minimum absolute atomic E-state index is 0.139. The first kappa shape index (κ1) is 25.7. The number of alkyl halides is 3. The largest absolute Gasteiger partial charge is 0.490 e. The van der Waals surface area contributed by atoms with Gasteiger partial charge in [-0.15, -0.1) is 0 Å². The normalized spacial score (nSPS) is 20.3. The molecular weight excluding hydrogens is 492 g/mol. The molecule has 3 N–H and O–H groups in total. The molecule has 7 nitrogen and oxygen atoms in total. The van der Waals surface area contributed by atoms with Crippen LogP contribution in [0, 0.1) is 17.5 Å². The summed E-state index contributed by atoms with van der Waals surface area (Å²) in [5, 5.41) is 7.12. The van der Waals surface area contributed by atoms with Crippen molar-refractivity contribution in [3.8, 4) is 0 Å². The Hall–Kier alpha value is -3.35. The van der Waals surface area contributed by atoms with Crippen LogP contribution in [0.5, 0.6) is 0 Å². The smallest absolute Gasteiger partial charge is 0.475 e. The zero-order valence-corrected chi connectivity index (χ0v) is 19.1. The molecule has 0 amide bonds. The van der Waals surface area contributed by atoms with Gasteiger partial charge in [0.1, 0.15) is 23.0 Å². The molecule has 2 aliphatic rings. The topological polar surface area (TPSA) is 97.3 Å². The molecule has 1 aromatic carbocycles. The van der Waals surface area contributed by atoms with Gasteiger partial charge in [-0.1, -0.05) is 0 Å². The first-order valence-corrected chi connectivity index (χ1v) is 11.1. The maximum Gasteiger partial charge on any atom is 0.490 e. The van der Waals surface area contributed by atoms with Crippen molar-refractivity contribution in [3.63, 3.8) is 0 Å². The molecule has 2 aromatic heterocycles. The van der Waals surface area contributed by atoms with Crippen LogP contribution < -0.4 is 10.6 Å². The average molecular weight is 515 g/mol. The number of nitrogens with zero attached hydrogens (tertiary/aromatic N) is 4. The van der Waals surface area contributed by atoms with Gasteiger partial charge in [0.15, 0.2) is 17.3 Å². The highest BCUT2D eigenvalue weighted by Gasteiger charge is 2.38. The lowest BCUT2D eigenvalue weighted by Gasteiger charge is -2.37. The SMILES string of the molecule is Cn1c(C2CC2)nc2ccc(N3CC[C@H](c4cc(F)c(F)cc4F)[C@@H](N)C3)nc21.O=C(O)C(F)(F)F. The number of halogens is 6. The van der Waals surface area contributed by atoms with Gasteiger partial charge in [-0.2, -0.15) is 13.2 Å². The van der Waals surface area contributed by atoms with Crippen molar-refractivity contribution in [3.05, 3.63) is 53.1 Å². The predicted octanol–water partition coefficient (Wildman–Crippen LogP) is 4.22. The Labute approximate surface area is 201 Å². The first-order chi connectivity index (χ1) is 16.9. The zero-order chi connectivity index (χ0) is 26.4. The number of hydrogen-bond donors (Lipinski definition) is 2. The van der Waals surface area contributed by atoms with E-state index in [-0.39, 0.29) is 11.5 Å². The van der Waals surface area contributed by atoms with Crippen LogP contribution in [0.2, 0.25) is 0 Å². The standard InChI is InChI=1S/C21H22F3N5.C2HF3O2/c1-28-20(11-2-3-11)26-18-4-5-19(27-21(18)28)29-7-6-12(17(25)10-29)13-8-15(23)16(24)9-14(13)22;3-2(4,5)1(6)7/h4-5,8-9,11-12,17H,2-3,6-7,10,25H2,1H3;(H,6,7)/t12-,17+;/m1./s1. The lowest BCUT2D eigenvalue weighted by molar-refractivity contribution is -0.192. The number of piperidine rings is 1. The van der Waals surface area contributed by atoms with Crippen LogP contribution in [0.15, 0.2) is 24.3 Å². The van der Waals surface area contributed by atoms with Gasteiger partial charge in [-0.3, -0.25) is 0 Å². The number of benzene rings is 1. The second-order valence-corrected chi connectivity index (χ2v) is 8.91. The van der Waals surface area contributed by atoms with Crippen molar-refractivity contribution < 1.29 is 36.2 Å². The highest BCUT2D eigenvalue weighted by Crippen LogP contribution is 2.40. The van der Waals surface area contributed by atoms with Crippen molar-refractivity contribution in [2.24, 2.45) is 12.8 Å². The summed E-state index contributed by atoms with van der Waals surface area (Å²) in [6.45, 7) is 1.05. The molecule has 0 radical (unpaired) electrons. The summed E-state index contributed by atoms with van der Waals surface area (Å²) in [5.74, 6) is -3.71. The molecule has 0 spiro atoms. The fraction of sp³-hybridized carbons (Fsp3) is 0.435. The summed E-state index contributed by atoms with van der Waals surface area (Å²) in [4.78, 5) is 20.4. The van der Waals surface area contributed by atoms with Crippen molar-refractivity contribution in [1.82, 2.24) is 14.5 Å². The van der Waals surface area contributed by atoms with Crippen LogP contribution >= 0.6 is 0 Å². The number of fused-ring (bicyclic) bond motifs is 1. The van der Waals surface area contributed by atoms with Crippen molar-refractivity contribution >= 4 is 23.0 Å². The van der Waals surface area contributed by atoms with Crippen molar-refractivity contribution in [2.45, 2.75) is 43.3 Å². The van der Waals surface area contributed by atoms with E-state index in [0.29, 0.717) is 31.5 Å². The Morgan fingerprint density at radius 3 is 2.28 bits per heavy atom. The van der Waals surface area contributed by atoms with Crippen LogP contribution in [0.4, 0.5) is 32.2 Å². The quantitative estimate of drug-likeness (QED) is 0.401. The van der Waals surface area contributed by atoms with E-state index in [1.807, 2.05) is 19.2 Å². The zero-order valence-electron chi connectivity index (χ0n) is 19.1. The Morgan fingerprint density at radius 2 is 1.69 bits per heavy atom. The molecule has 1 aliphatic carbocycles. The highest BCUT2D eigenvalue weighted by molar-refractivity contribution is 5.74. The number of rotatable bonds is 3. The van der Waals surface area contributed by atoms with Gasteiger partial charge < -0.3 is 20.3 Å². The number of carboxylic acids is 1. The van der Waals surface area contributed by atoms with Crippen LogP contribution in [-0.4, -0.2) is 50.9 Å². The first-order valence-electron chi connectivity index (χ1n) is 11.1. The highest BCUT2D eigenvalue weighted by atomic mass is 19.4. The third-order valence-corrected chi connectivity index (χ3v) is 6.34. The van der Waals surface area contributed by atoms with Crippen LogP contribution in [0.25, 0.3) is 11.2 Å². The van der Waals surface area contributed by atoms with Crippen LogP contribution in [0.1, 0.15) is 42.5 Å². The van der Waals surface area contributed by atoms with Gasteiger partial charge in [0.05, 0.1) is 0 Å². The maximum absolute atomic E-state index is 14.2. The van der Waals surface area contributed by atoms with E-state index in [4.69, 9.17) is 25.6 Å². The van der Waals surface area contributed by atoms with Gasteiger partial charge in [-0.25, -0.2) is 27.9 Å². The van der Waals surface area contributed by atoms with Crippen LogP contribution in [-0.2, 0) is 11.8 Å². The average Bonchev–Trinajstić information content (AvgIpc) is 3.60. The van der Waals surface area contributed by atoms with Crippen molar-refractivity contribution in [1.29, 1.82) is 0 Å². The lowest BCUT2D eigenvalue weighted by atomic mass is 9.85. The van der Waals surface area contributed by atoms with Crippen LogP contribution in [0.3, 0.4) is 0 Å². The molecule has 5 rings (SSSR count). The number of hydrogen-bond acceptors (Lipinski definition) is 5. The van der Waals surface area contributed by atoms with E-state index in [2.05, 4.69) is 9.47 Å². The Bertz CT molecular complexity index is 1290. The Kier molecular flexibility index (Phi) is 6.86. The number of aliphatic carboxylic acids is 1. The molecule has 13 heteroatoms. The van der Waals surface area contributed by atoms with Gasteiger partial charge in [-0.05, 0) is 43.0 Å². The number of pyridine rings is 1. The number of aryl methyl sites for hydroxylation is 1. The summed E-state index contributed by atoms with van der Waals surface area (Å²) in [6.07, 6.45) is -2.21. The molecule has 2 fully saturated rings. The predicted molar refractivity (Wildman–Crippen MR) is 118 cm³/mol. The maximum atomic E-state index is 14.2. The van der Waals surface area contributed by atoms with Gasteiger partial charge in [0.25, 0.3) is 0 Å². The summed E-state index contributed by atoms with van der Waals surface area (Å²) in [6, 6.07) is 5.01. The van der Waals surface area contributed by atoms with E-state index in [1.54, 1.807) is 0 Å². The molecule has 0 unspecified atom stereocenters. The van der Waals surface area contributed by atoms with Gasteiger partial charge in [0.2, 0.25) is 0 Å². The number of anilines is 1. The van der Waals surface area contributed by atoms with Gasteiger partial charge >= 0.3 is 12.1 Å². The van der Waals surface area contributed by atoms with Gasteiger partial charge in [0, 0.05) is 44.1 Å². The van der Waals surface area contributed by atoms with E-state index in [9.17, 15) is 26.3 Å². The Morgan fingerprint density at radius 1 is 1.06 bits per heavy atom. The van der Waals surface area contributed by atoms with E-state index in [0.717, 1.165) is 28.9 Å². The summed E-state index contributed by atoms with van der Waals surface area (Å²) >= 11 is 0. The molecule has 1 aliphatic heterocycles. The minimum atomic E-state index is -5.08. The number of nitrogens with two attached hydrogens (primary N) is 1. The third kappa shape index (κ3) is 5.25. The van der Waals surface area contributed by atoms with E-state index >= 15 is 0 Å². The lowest BCUT2D eigenvalue weighted by Crippen LogP contribution is -2.48. The molecule has 194 valence electrons. The third-order valence-electron chi connectivity index (χ3n) is 6.34. The monoisotopic (exact) mass is 515 g/mol. The summed E-state index contributed by atoms with van der Waals surface area (Å²) in [5.41, 5.74) is 8.18. The molecule has 3 heterocycles. The van der Waals surface area contributed by atoms with E-state index in [1.165, 1.54) is 12.8 Å². The van der Waals surface area contributed by atoms with Crippen molar-refractivity contribution in [2.75, 3.05) is 18.0 Å². The fourth-order valence-corrected chi connectivity index (χ4v) is 4.35. The minimum Gasteiger partial charge on any atom is -0.475 e. The van der Waals surface area contributed by atoms with E-state index < -0.39 is 35.6 Å². The molecule has 1 saturated heterocycles. The molecule has 3 aromatic rings. The number of aromatic nitrogens is 3. The molecule has 2 atom stereocenters. The summed E-state index contributed by atoms with van der Waals surface area (Å²) in [7, 11) is 1.99. The molecule has 1 saturated carbocycles. The second kappa shape index (κ2) is 9.60. The molecule has 36 heavy (non-hydrogen) atoms. The second-order valence-electron chi connectivity index (χ2n) is 8.91. The Balaban J connectivity index is 0.000000384. The number of carboxylic acid groups (broad SMARTS) is 1. The fourth-order valence-electron chi connectivity index (χ4n) is 4.35. The summed E-state index contributed by atoms with van der Waals surface area (Å²) < 4.78 is 74.9. The molecular formula is C23H23F6N5O2. The number of carbonyl (C=O) groups is 1. The number of imidazole rings is 1.